The van der Waals surface area contributed by atoms with Gasteiger partial charge in [0, 0.05) is 37.6 Å². The maximum atomic E-state index is 14.6. The average Bonchev–Trinajstić information content (AvgIpc) is 2.98. The number of benzene rings is 1. The van der Waals surface area contributed by atoms with Gasteiger partial charge >= 0.3 is 6.09 Å². The molecular weight excluding hydrogens is 371 g/mol. The number of anilines is 2. The molecule has 0 aliphatic carbocycles. The summed E-state index contributed by atoms with van der Waals surface area (Å²) in [5, 5.41) is 2.48. The number of thioether (sulfide) groups is 1. The number of hydrogen-bond donors (Lipinski definition) is 1. The zero-order valence-corrected chi connectivity index (χ0v) is 14.9. The van der Waals surface area contributed by atoms with Gasteiger partial charge in [0.25, 0.3) is 0 Å². The average molecular weight is 389 g/mol. The lowest BCUT2D eigenvalue weighted by molar-refractivity contribution is -0.119. The van der Waals surface area contributed by atoms with E-state index in [1.165, 1.54) is 11.8 Å². The van der Waals surface area contributed by atoms with Crippen LogP contribution in [0.5, 0.6) is 0 Å². The van der Waals surface area contributed by atoms with Gasteiger partial charge < -0.3 is 15.0 Å². The molecule has 2 amide bonds. The molecular formula is C16H18F3N3O3S. The molecule has 1 aromatic carbocycles. The topological polar surface area (TPSA) is 61.9 Å². The second-order valence-electron chi connectivity index (χ2n) is 6.01. The fraction of sp³-hybridized carbons (Fsp3) is 0.500. The predicted molar refractivity (Wildman–Crippen MR) is 92.2 cm³/mol. The molecule has 2 heterocycles. The highest BCUT2D eigenvalue weighted by Gasteiger charge is 2.36. The molecule has 1 N–H and O–H groups in total. The molecule has 0 unspecified atom stereocenters. The predicted octanol–water partition coefficient (Wildman–Crippen LogP) is 2.12. The van der Waals surface area contributed by atoms with Crippen molar-refractivity contribution in [2.45, 2.75) is 13.0 Å². The molecule has 1 aromatic rings. The fourth-order valence-electron chi connectivity index (χ4n) is 2.93. The number of ether oxygens (including phenoxy) is 1. The Morgan fingerprint density at radius 1 is 1.31 bits per heavy atom. The van der Waals surface area contributed by atoms with E-state index in [2.05, 4.69) is 5.32 Å². The Labute approximate surface area is 152 Å². The number of amides is 2. The van der Waals surface area contributed by atoms with Gasteiger partial charge in [-0.2, -0.15) is 11.8 Å². The van der Waals surface area contributed by atoms with Crippen molar-refractivity contribution in [1.82, 2.24) is 5.32 Å². The number of hydrogen-bond acceptors (Lipinski definition) is 5. The van der Waals surface area contributed by atoms with Crippen LogP contribution >= 0.6 is 11.8 Å². The molecule has 26 heavy (non-hydrogen) atoms. The van der Waals surface area contributed by atoms with Crippen molar-refractivity contribution in [3.63, 3.8) is 0 Å². The maximum absolute atomic E-state index is 14.6. The summed E-state index contributed by atoms with van der Waals surface area (Å²) < 4.78 is 48.6. The molecule has 142 valence electrons. The second kappa shape index (κ2) is 7.65. The number of nitrogens with zero attached hydrogens (tertiary/aromatic N) is 2. The summed E-state index contributed by atoms with van der Waals surface area (Å²) in [5.74, 6) is -2.45. The van der Waals surface area contributed by atoms with E-state index in [9.17, 15) is 22.8 Å². The maximum Gasteiger partial charge on any atom is 0.414 e. The summed E-state index contributed by atoms with van der Waals surface area (Å²) in [6.07, 6.45) is -1.64. The first-order valence-corrected chi connectivity index (χ1v) is 9.26. The van der Waals surface area contributed by atoms with E-state index in [4.69, 9.17) is 4.74 Å². The molecule has 0 saturated carbocycles. The van der Waals surface area contributed by atoms with Crippen molar-refractivity contribution in [3.05, 3.63) is 23.5 Å². The first kappa shape index (κ1) is 18.7. The second-order valence-corrected chi connectivity index (χ2v) is 7.23. The van der Waals surface area contributed by atoms with E-state index in [-0.39, 0.29) is 19.0 Å². The number of carbonyl (C=O) groups excluding carboxylic acids is 2. The minimum Gasteiger partial charge on any atom is -0.442 e. The van der Waals surface area contributed by atoms with Gasteiger partial charge in [0.1, 0.15) is 11.8 Å². The van der Waals surface area contributed by atoms with Crippen LogP contribution < -0.4 is 15.1 Å². The Bertz CT molecular complexity index is 728. The zero-order valence-electron chi connectivity index (χ0n) is 14.1. The van der Waals surface area contributed by atoms with Crippen LogP contribution in [0.25, 0.3) is 0 Å². The van der Waals surface area contributed by atoms with Gasteiger partial charge in [-0.1, -0.05) is 0 Å². The number of rotatable bonds is 4. The zero-order chi connectivity index (χ0) is 18.8. The normalized spacial score (nSPS) is 20.3. The number of halogens is 3. The smallest absolute Gasteiger partial charge is 0.414 e. The lowest BCUT2D eigenvalue weighted by atomic mass is 10.2. The van der Waals surface area contributed by atoms with Crippen LogP contribution in [0.15, 0.2) is 6.07 Å². The highest BCUT2D eigenvalue weighted by molar-refractivity contribution is 7.99. The van der Waals surface area contributed by atoms with Crippen molar-refractivity contribution < 1.29 is 27.5 Å². The molecule has 0 aromatic heterocycles. The van der Waals surface area contributed by atoms with E-state index in [0.717, 1.165) is 11.0 Å². The van der Waals surface area contributed by atoms with Crippen LogP contribution in [0.4, 0.5) is 29.3 Å². The summed E-state index contributed by atoms with van der Waals surface area (Å²) in [5.41, 5.74) is -0.917. The molecule has 2 aliphatic heterocycles. The van der Waals surface area contributed by atoms with Crippen LogP contribution in [0, 0.1) is 17.5 Å². The number of carbonyl (C=O) groups is 2. The van der Waals surface area contributed by atoms with E-state index in [1.807, 2.05) is 0 Å². The molecule has 0 bridgehead atoms. The third-order valence-electron chi connectivity index (χ3n) is 4.19. The Kier molecular flexibility index (Phi) is 5.49. The van der Waals surface area contributed by atoms with Crippen molar-refractivity contribution in [2.75, 3.05) is 47.5 Å². The quantitative estimate of drug-likeness (QED) is 0.800. The summed E-state index contributed by atoms with van der Waals surface area (Å²) in [6.45, 7) is 2.06. The van der Waals surface area contributed by atoms with E-state index < -0.39 is 41.0 Å². The van der Waals surface area contributed by atoms with Gasteiger partial charge in [-0.3, -0.25) is 9.69 Å². The number of nitrogens with one attached hydrogen (secondary N) is 1. The van der Waals surface area contributed by atoms with Crippen LogP contribution in [-0.4, -0.2) is 55.8 Å². The van der Waals surface area contributed by atoms with E-state index in [0.29, 0.717) is 24.6 Å². The highest BCUT2D eigenvalue weighted by atomic mass is 32.2. The third kappa shape index (κ3) is 3.69. The molecule has 2 saturated heterocycles. The molecule has 2 aliphatic rings. The third-order valence-corrected chi connectivity index (χ3v) is 5.13. The Balaban J connectivity index is 1.84. The summed E-state index contributed by atoms with van der Waals surface area (Å²) >= 11 is 1.66. The van der Waals surface area contributed by atoms with Crippen LogP contribution in [0.1, 0.15) is 6.92 Å². The van der Waals surface area contributed by atoms with Crippen LogP contribution in [0.3, 0.4) is 0 Å². The summed E-state index contributed by atoms with van der Waals surface area (Å²) in [7, 11) is 0. The Morgan fingerprint density at radius 3 is 2.65 bits per heavy atom. The minimum absolute atomic E-state index is 0.0354. The standard InChI is InChI=1S/C16H18F3N3O3S/c1-9(23)20-7-10-8-22(16(24)25-10)12-6-11(17)15(14(19)13(12)18)21-2-4-26-5-3-21/h6,10H,2-5,7-8H2,1H3,(H,20,23)/t10-/m0/s1. The fourth-order valence-corrected chi connectivity index (χ4v) is 3.83. The van der Waals surface area contributed by atoms with Gasteiger partial charge in [-0.15, -0.1) is 0 Å². The van der Waals surface area contributed by atoms with Crippen molar-refractivity contribution in [2.24, 2.45) is 0 Å². The number of cyclic esters (lactones) is 1. The van der Waals surface area contributed by atoms with Gasteiger partial charge in [0.05, 0.1) is 18.8 Å². The lowest BCUT2D eigenvalue weighted by Crippen LogP contribution is -2.35. The van der Waals surface area contributed by atoms with Crippen LogP contribution in [0.2, 0.25) is 0 Å². The molecule has 3 rings (SSSR count). The van der Waals surface area contributed by atoms with E-state index in [1.54, 1.807) is 11.8 Å². The monoisotopic (exact) mass is 389 g/mol. The molecule has 2 fully saturated rings. The lowest BCUT2D eigenvalue weighted by Gasteiger charge is -2.29. The van der Waals surface area contributed by atoms with Crippen molar-refractivity contribution in [3.8, 4) is 0 Å². The molecule has 6 nitrogen and oxygen atoms in total. The first-order chi connectivity index (χ1) is 12.4. The van der Waals surface area contributed by atoms with E-state index >= 15 is 0 Å². The highest BCUT2D eigenvalue weighted by Crippen LogP contribution is 2.35. The Morgan fingerprint density at radius 2 is 2.00 bits per heavy atom. The Hall–Kier alpha value is -2.10. The van der Waals surface area contributed by atoms with Gasteiger partial charge in [0.2, 0.25) is 5.91 Å². The van der Waals surface area contributed by atoms with Gasteiger partial charge in [-0.25, -0.2) is 18.0 Å². The molecule has 10 heteroatoms. The first-order valence-electron chi connectivity index (χ1n) is 8.11. The largest absolute Gasteiger partial charge is 0.442 e. The summed E-state index contributed by atoms with van der Waals surface area (Å²) in [4.78, 5) is 25.2. The molecule has 0 radical (unpaired) electrons. The van der Waals surface area contributed by atoms with Crippen molar-refractivity contribution >= 4 is 35.1 Å². The summed E-state index contributed by atoms with van der Waals surface area (Å²) in [6, 6.07) is 0.817. The SMILES string of the molecule is CC(=O)NC[C@H]1CN(c2cc(F)c(N3CCSCC3)c(F)c2F)C(=O)O1. The van der Waals surface area contributed by atoms with Gasteiger partial charge in [-0.05, 0) is 0 Å². The minimum atomic E-state index is -1.31. The van der Waals surface area contributed by atoms with Gasteiger partial charge in [0.15, 0.2) is 17.5 Å². The van der Waals surface area contributed by atoms with Crippen molar-refractivity contribution in [1.29, 1.82) is 0 Å². The van der Waals surface area contributed by atoms with Crippen LogP contribution in [-0.2, 0) is 9.53 Å². The molecule has 1 atom stereocenters. The molecule has 0 spiro atoms.